The normalized spacial score (nSPS) is 33.5. The van der Waals surface area contributed by atoms with E-state index in [0.29, 0.717) is 0 Å². The van der Waals surface area contributed by atoms with E-state index in [1.807, 2.05) is 24.0 Å². The average molecular weight is 205 g/mol. The predicted octanol–water partition coefficient (Wildman–Crippen LogP) is 2.27. The maximum absolute atomic E-state index is 4.29. The van der Waals surface area contributed by atoms with Gasteiger partial charge in [-0.2, -0.15) is 0 Å². The summed E-state index contributed by atoms with van der Waals surface area (Å²) < 4.78 is 2.05. The van der Waals surface area contributed by atoms with Crippen molar-refractivity contribution in [3.63, 3.8) is 0 Å². The molecule has 1 N–H and O–H groups in total. The number of fused-ring (bicyclic) bond motifs is 2. The van der Waals surface area contributed by atoms with Crippen molar-refractivity contribution >= 4 is 5.95 Å². The molecule has 2 aliphatic carbocycles. The summed E-state index contributed by atoms with van der Waals surface area (Å²) in [5.41, 5.74) is 0. The lowest BCUT2D eigenvalue weighted by atomic mass is 9.89. The van der Waals surface area contributed by atoms with Crippen LogP contribution in [0.4, 0.5) is 5.95 Å². The van der Waals surface area contributed by atoms with Gasteiger partial charge in [0.2, 0.25) is 5.95 Å². The van der Waals surface area contributed by atoms with Gasteiger partial charge in [0.25, 0.3) is 0 Å². The molecule has 2 saturated carbocycles. The minimum atomic E-state index is 0.903. The highest BCUT2D eigenvalue weighted by Gasteiger charge is 2.39. The van der Waals surface area contributed by atoms with Crippen LogP contribution in [0, 0.1) is 17.8 Å². The molecule has 82 valence electrons. The van der Waals surface area contributed by atoms with E-state index in [0.717, 1.165) is 30.2 Å². The second-order valence-electron chi connectivity index (χ2n) is 5.18. The number of hydrogen-bond acceptors (Lipinski definition) is 2. The predicted molar refractivity (Wildman–Crippen MR) is 60.6 cm³/mol. The SMILES string of the molecule is Cn1ccnc1NCC1CC2CCC1C2. The monoisotopic (exact) mass is 205 g/mol. The van der Waals surface area contributed by atoms with Crippen LogP contribution in [0.1, 0.15) is 25.7 Å². The van der Waals surface area contributed by atoms with Gasteiger partial charge in [0.1, 0.15) is 0 Å². The highest BCUT2D eigenvalue weighted by molar-refractivity contribution is 5.25. The molecule has 2 bridgehead atoms. The zero-order chi connectivity index (χ0) is 10.3. The summed E-state index contributed by atoms with van der Waals surface area (Å²) in [7, 11) is 2.04. The van der Waals surface area contributed by atoms with E-state index in [2.05, 4.69) is 10.3 Å². The van der Waals surface area contributed by atoms with Crippen LogP contribution in [0.2, 0.25) is 0 Å². The van der Waals surface area contributed by atoms with Crippen molar-refractivity contribution in [3.05, 3.63) is 12.4 Å². The summed E-state index contributed by atoms with van der Waals surface area (Å²) in [5.74, 6) is 3.96. The Kier molecular flexibility index (Phi) is 2.19. The largest absolute Gasteiger partial charge is 0.355 e. The first-order valence-electron chi connectivity index (χ1n) is 6.04. The topological polar surface area (TPSA) is 29.9 Å². The van der Waals surface area contributed by atoms with Crippen LogP contribution in [-0.2, 0) is 7.05 Å². The Morgan fingerprint density at radius 1 is 1.47 bits per heavy atom. The summed E-state index contributed by atoms with van der Waals surface area (Å²) in [6.07, 6.45) is 9.74. The minimum absolute atomic E-state index is 0.903. The van der Waals surface area contributed by atoms with Crippen molar-refractivity contribution in [2.24, 2.45) is 24.8 Å². The smallest absolute Gasteiger partial charge is 0.202 e. The molecule has 15 heavy (non-hydrogen) atoms. The van der Waals surface area contributed by atoms with E-state index in [1.165, 1.54) is 25.7 Å². The summed E-state index contributed by atoms with van der Waals surface area (Å²) in [4.78, 5) is 4.29. The number of aryl methyl sites for hydroxylation is 1. The van der Waals surface area contributed by atoms with Gasteiger partial charge >= 0.3 is 0 Å². The van der Waals surface area contributed by atoms with E-state index in [-0.39, 0.29) is 0 Å². The third-order valence-electron chi connectivity index (χ3n) is 4.23. The Balaban J connectivity index is 1.57. The fourth-order valence-corrected chi connectivity index (χ4v) is 3.38. The summed E-state index contributed by atoms with van der Waals surface area (Å²) >= 11 is 0. The minimum Gasteiger partial charge on any atom is -0.355 e. The van der Waals surface area contributed by atoms with Crippen LogP contribution < -0.4 is 5.32 Å². The van der Waals surface area contributed by atoms with E-state index in [9.17, 15) is 0 Å². The van der Waals surface area contributed by atoms with Gasteiger partial charge in [-0.25, -0.2) is 4.98 Å². The highest BCUT2D eigenvalue weighted by Crippen LogP contribution is 2.48. The Labute approximate surface area is 90.9 Å². The molecule has 1 heterocycles. The van der Waals surface area contributed by atoms with Gasteiger partial charge in [-0.15, -0.1) is 0 Å². The first kappa shape index (κ1) is 9.25. The number of nitrogens with zero attached hydrogens (tertiary/aromatic N) is 2. The zero-order valence-corrected chi connectivity index (χ0v) is 9.32. The van der Waals surface area contributed by atoms with E-state index in [1.54, 1.807) is 0 Å². The molecule has 0 spiro atoms. The molecule has 0 saturated heterocycles. The number of imidazole rings is 1. The van der Waals surface area contributed by atoms with Crippen molar-refractivity contribution < 1.29 is 0 Å². The Bertz CT molecular complexity index is 344. The van der Waals surface area contributed by atoms with Gasteiger partial charge in [0.15, 0.2) is 0 Å². The lowest BCUT2D eigenvalue weighted by Gasteiger charge is -2.21. The molecule has 2 aliphatic rings. The molecule has 1 aromatic heterocycles. The molecular formula is C12H19N3. The molecule has 0 amide bonds. The molecule has 2 fully saturated rings. The standard InChI is InChI=1S/C12H19N3/c1-15-5-4-13-12(15)14-8-11-7-9-2-3-10(11)6-9/h4-5,9-11H,2-3,6-8H2,1H3,(H,13,14). The van der Waals surface area contributed by atoms with Crippen LogP contribution in [0.3, 0.4) is 0 Å². The zero-order valence-electron chi connectivity index (χ0n) is 9.32. The quantitative estimate of drug-likeness (QED) is 0.820. The molecule has 3 rings (SSSR count). The van der Waals surface area contributed by atoms with Gasteiger partial charge in [0.05, 0.1) is 0 Å². The Morgan fingerprint density at radius 3 is 3.00 bits per heavy atom. The molecule has 3 nitrogen and oxygen atoms in total. The van der Waals surface area contributed by atoms with Crippen LogP contribution >= 0.6 is 0 Å². The van der Waals surface area contributed by atoms with Crippen molar-refractivity contribution in [1.29, 1.82) is 0 Å². The maximum atomic E-state index is 4.29. The maximum Gasteiger partial charge on any atom is 0.202 e. The van der Waals surface area contributed by atoms with Crippen molar-refractivity contribution in [1.82, 2.24) is 9.55 Å². The van der Waals surface area contributed by atoms with Gasteiger partial charge in [-0.1, -0.05) is 6.42 Å². The molecule has 3 heteroatoms. The van der Waals surface area contributed by atoms with Crippen molar-refractivity contribution in [2.45, 2.75) is 25.7 Å². The van der Waals surface area contributed by atoms with Crippen molar-refractivity contribution in [3.8, 4) is 0 Å². The summed E-state index contributed by atoms with van der Waals surface area (Å²) in [5, 5.41) is 3.47. The summed E-state index contributed by atoms with van der Waals surface area (Å²) in [6, 6.07) is 0. The van der Waals surface area contributed by atoms with Gasteiger partial charge in [0, 0.05) is 26.0 Å². The van der Waals surface area contributed by atoms with Crippen LogP contribution in [-0.4, -0.2) is 16.1 Å². The number of nitrogens with one attached hydrogen (secondary N) is 1. The lowest BCUT2D eigenvalue weighted by molar-refractivity contribution is 0.348. The highest BCUT2D eigenvalue weighted by atomic mass is 15.2. The Hall–Kier alpha value is -0.990. The van der Waals surface area contributed by atoms with Gasteiger partial charge < -0.3 is 9.88 Å². The van der Waals surface area contributed by atoms with E-state index < -0.39 is 0 Å². The molecule has 0 radical (unpaired) electrons. The first-order chi connectivity index (χ1) is 7.33. The molecule has 3 atom stereocenters. The lowest BCUT2D eigenvalue weighted by Crippen LogP contribution is -2.21. The molecule has 0 aliphatic heterocycles. The molecular weight excluding hydrogens is 186 g/mol. The van der Waals surface area contributed by atoms with E-state index >= 15 is 0 Å². The van der Waals surface area contributed by atoms with Crippen LogP contribution in [0.5, 0.6) is 0 Å². The number of rotatable bonds is 3. The fraction of sp³-hybridized carbons (Fsp3) is 0.750. The van der Waals surface area contributed by atoms with Crippen LogP contribution in [0.25, 0.3) is 0 Å². The Morgan fingerprint density at radius 2 is 2.40 bits per heavy atom. The molecule has 3 unspecified atom stereocenters. The van der Waals surface area contributed by atoms with Crippen LogP contribution in [0.15, 0.2) is 12.4 Å². The molecule has 1 aromatic rings. The average Bonchev–Trinajstić information content (AvgIpc) is 2.90. The van der Waals surface area contributed by atoms with Gasteiger partial charge in [-0.3, -0.25) is 0 Å². The van der Waals surface area contributed by atoms with Gasteiger partial charge in [-0.05, 0) is 37.0 Å². The van der Waals surface area contributed by atoms with Crippen molar-refractivity contribution in [2.75, 3.05) is 11.9 Å². The summed E-state index contributed by atoms with van der Waals surface area (Å²) in [6.45, 7) is 1.12. The third-order valence-corrected chi connectivity index (χ3v) is 4.23. The van der Waals surface area contributed by atoms with E-state index in [4.69, 9.17) is 0 Å². The second kappa shape index (κ2) is 3.54. The number of anilines is 1. The first-order valence-corrected chi connectivity index (χ1v) is 6.04. The second-order valence-corrected chi connectivity index (χ2v) is 5.18. The molecule has 0 aromatic carbocycles. The fourth-order valence-electron chi connectivity index (χ4n) is 3.38. The third kappa shape index (κ3) is 1.64. The number of hydrogen-bond donors (Lipinski definition) is 1. The number of aromatic nitrogens is 2.